The molecule has 12 heavy (non-hydrogen) atoms. The van der Waals surface area contributed by atoms with Gasteiger partial charge in [0.05, 0.1) is 0 Å². The lowest BCUT2D eigenvalue weighted by molar-refractivity contribution is -0.0510. The molecule has 0 fully saturated rings. The van der Waals surface area contributed by atoms with E-state index in [0.29, 0.717) is 0 Å². The minimum Gasteiger partial charge on any atom is -0.279 e. The molecule has 0 atom stereocenters. The molecule has 0 heterocycles. The van der Waals surface area contributed by atoms with Crippen LogP contribution in [0.15, 0.2) is 0 Å². The largest absolute Gasteiger partial charge is 0.522 e. The summed E-state index contributed by atoms with van der Waals surface area (Å²) in [5, 5.41) is 0. The number of alkyl halides is 3. The van der Waals surface area contributed by atoms with E-state index in [1.807, 2.05) is 13.8 Å². The van der Waals surface area contributed by atoms with Gasteiger partial charge in [0.25, 0.3) is 0 Å². The molecular weight excluding hydrogens is 197 g/mol. The van der Waals surface area contributed by atoms with Crippen LogP contribution in [0.4, 0.5) is 13.2 Å². The topological polar surface area (TPSA) is 54.4 Å². The minimum atomic E-state index is -5.84. The molecule has 0 rings (SSSR count). The van der Waals surface area contributed by atoms with E-state index in [0.717, 1.165) is 0 Å². The van der Waals surface area contributed by atoms with Crippen molar-refractivity contribution in [2.45, 2.75) is 19.4 Å². The molecule has 0 radical (unpaired) electrons. The lowest BCUT2D eigenvalue weighted by atomic mass is 10.7. The van der Waals surface area contributed by atoms with Crippen LogP contribution in [-0.2, 0) is 10.1 Å². The van der Waals surface area contributed by atoms with Crippen LogP contribution in [0.1, 0.15) is 13.8 Å². The third-order valence-electron chi connectivity index (χ3n) is 0.542. The van der Waals surface area contributed by atoms with E-state index in [4.69, 9.17) is 13.0 Å². The van der Waals surface area contributed by atoms with Crippen LogP contribution in [0.3, 0.4) is 0 Å². The molecule has 72 valence electrons. The number of hydrogen-bond donors (Lipinski definition) is 1. The minimum absolute atomic E-state index is 1.82. The summed E-state index contributed by atoms with van der Waals surface area (Å²) >= 11 is 0. The van der Waals surface area contributed by atoms with Crippen LogP contribution in [-0.4, -0.2) is 18.5 Å². The fraction of sp³-hybridized carbons (Fsp3) is 0.600. The second-order valence-electron chi connectivity index (χ2n) is 1.42. The Hall–Kier alpha value is -0.740. The van der Waals surface area contributed by atoms with Crippen LogP contribution >= 0.6 is 0 Å². The second-order valence-corrected chi connectivity index (χ2v) is 2.83. The predicted octanol–water partition coefficient (Wildman–Crippen LogP) is 1.42. The summed E-state index contributed by atoms with van der Waals surface area (Å²) in [6.45, 7) is 3.64. The van der Waals surface area contributed by atoms with Crippen molar-refractivity contribution in [2.24, 2.45) is 0 Å². The van der Waals surface area contributed by atoms with Gasteiger partial charge in [0.15, 0.2) is 0 Å². The maximum Gasteiger partial charge on any atom is 0.522 e. The molecule has 0 aliphatic carbocycles. The van der Waals surface area contributed by atoms with E-state index in [2.05, 4.69) is 11.8 Å². The van der Waals surface area contributed by atoms with Gasteiger partial charge >= 0.3 is 15.6 Å². The van der Waals surface area contributed by atoms with E-state index in [-0.39, 0.29) is 0 Å². The second kappa shape index (κ2) is 5.00. The molecule has 3 nitrogen and oxygen atoms in total. The molecule has 0 amide bonds. The van der Waals surface area contributed by atoms with Gasteiger partial charge in [-0.3, -0.25) is 4.55 Å². The van der Waals surface area contributed by atoms with Gasteiger partial charge in [0, 0.05) is 0 Å². The monoisotopic (exact) mass is 204 g/mol. The fourth-order valence-electron chi connectivity index (χ4n) is 0. The summed E-state index contributed by atoms with van der Waals surface area (Å²) in [5.74, 6) is 5.36. The first-order chi connectivity index (χ1) is 5.16. The van der Waals surface area contributed by atoms with Gasteiger partial charge in [-0.25, -0.2) is 0 Å². The van der Waals surface area contributed by atoms with E-state index < -0.39 is 15.6 Å². The first kappa shape index (κ1) is 13.8. The first-order valence-corrected chi connectivity index (χ1v) is 3.98. The zero-order valence-corrected chi connectivity index (χ0v) is 7.12. The Labute approximate surface area is 68.3 Å². The highest BCUT2D eigenvalue weighted by atomic mass is 32.2. The van der Waals surface area contributed by atoms with E-state index >= 15 is 0 Å². The molecular formula is C5H7F3O3S. The molecule has 0 unspecified atom stereocenters. The van der Waals surface area contributed by atoms with Crippen LogP contribution in [0.25, 0.3) is 0 Å². The van der Waals surface area contributed by atoms with Crippen molar-refractivity contribution in [3.05, 3.63) is 0 Å². The smallest absolute Gasteiger partial charge is 0.279 e. The van der Waals surface area contributed by atoms with E-state index in [1.165, 1.54) is 0 Å². The zero-order chi connectivity index (χ0) is 10.4. The van der Waals surface area contributed by atoms with Gasteiger partial charge in [-0.15, -0.1) is 11.8 Å². The molecule has 7 heteroatoms. The molecule has 0 aliphatic heterocycles. The van der Waals surface area contributed by atoms with Crippen LogP contribution in [0, 0.1) is 11.8 Å². The molecule has 0 aromatic carbocycles. The third kappa shape index (κ3) is 7.37. The maximum absolute atomic E-state index is 10.7. The molecule has 0 aromatic heterocycles. The number of hydrogen-bond acceptors (Lipinski definition) is 2. The lowest BCUT2D eigenvalue weighted by Gasteiger charge is -1.97. The van der Waals surface area contributed by atoms with E-state index in [9.17, 15) is 13.2 Å². The summed E-state index contributed by atoms with van der Waals surface area (Å²) < 4.78 is 57.5. The highest BCUT2D eigenvalue weighted by molar-refractivity contribution is 7.86. The van der Waals surface area contributed by atoms with Crippen molar-refractivity contribution in [2.75, 3.05) is 0 Å². The predicted molar refractivity (Wildman–Crippen MR) is 36.7 cm³/mol. The van der Waals surface area contributed by atoms with Crippen LogP contribution < -0.4 is 0 Å². The van der Waals surface area contributed by atoms with Crippen molar-refractivity contribution in [3.63, 3.8) is 0 Å². The van der Waals surface area contributed by atoms with Gasteiger partial charge in [-0.2, -0.15) is 21.6 Å². The normalized spacial score (nSPS) is 10.5. The molecule has 0 bridgehead atoms. The summed E-state index contributed by atoms with van der Waals surface area (Å²) in [7, 11) is -5.84. The Morgan fingerprint density at radius 2 is 1.33 bits per heavy atom. The Morgan fingerprint density at radius 1 is 1.17 bits per heavy atom. The van der Waals surface area contributed by atoms with Gasteiger partial charge in [-0.05, 0) is 13.8 Å². The van der Waals surface area contributed by atoms with Gasteiger partial charge in [-0.1, -0.05) is 0 Å². The first-order valence-electron chi connectivity index (χ1n) is 2.54. The Balaban J connectivity index is 0. The standard InChI is InChI=1S/C4H6.CHF3O3S/c1-3-4-2;2-1(3,4)8(5,6)7/h1-2H3;(H,5,6,7). The SMILES string of the molecule is CC#CC.O=S(=O)(O)C(F)(F)F. The number of rotatable bonds is 0. The third-order valence-corrected chi connectivity index (χ3v) is 1.13. The van der Waals surface area contributed by atoms with Crippen molar-refractivity contribution in [3.8, 4) is 11.8 Å². The average Bonchev–Trinajstić information content (AvgIpc) is 1.84. The van der Waals surface area contributed by atoms with Gasteiger partial charge in [0.2, 0.25) is 0 Å². The van der Waals surface area contributed by atoms with E-state index in [1.54, 1.807) is 0 Å². The van der Waals surface area contributed by atoms with Crippen molar-refractivity contribution in [1.82, 2.24) is 0 Å². The average molecular weight is 204 g/mol. The Bertz CT molecular complexity index is 261. The van der Waals surface area contributed by atoms with Crippen molar-refractivity contribution in [1.29, 1.82) is 0 Å². The highest BCUT2D eigenvalue weighted by Crippen LogP contribution is 2.20. The molecule has 0 aromatic rings. The molecule has 1 N–H and O–H groups in total. The maximum atomic E-state index is 10.7. The Morgan fingerprint density at radius 3 is 1.33 bits per heavy atom. The zero-order valence-electron chi connectivity index (χ0n) is 6.31. The molecule has 0 spiro atoms. The van der Waals surface area contributed by atoms with Crippen LogP contribution in [0.5, 0.6) is 0 Å². The Kier molecular flexibility index (Phi) is 5.76. The lowest BCUT2D eigenvalue weighted by Crippen LogP contribution is -2.21. The molecule has 0 aliphatic rings. The van der Waals surface area contributed by atoms with Crippen molar-refractivity contribution >= 4 is 10.1 Å². The summed E-state index contributed by atoms with van der Waals surface area (Å²) in [5.41, 5.74) is -5.53. The van der Waals surface area contributed by atoms with Crippen molar-refractivity contribution < 1.29 is 26.1 Å². The quantitative estimate of drug-likeness (QED) is 0.369. The van der Waals surface area contributed by atoms with Gasteiger partial charge < -0.3 is 0 Å². The van der Waals surface area contributed by atoms with Gasteiger partial charge in [0.1, 0.15) is 0 Å². The highest BCUT2D eigenvalue weighted by Gasteiger charge is 2.44. The number of halogens is 3. The van der Waals surface area contributed by atoms with Crippen LogP contribution in [0.2, 0.25) is 0 Å². The molecule has 0 saturated heterocycles. The summed E-state index contributed by atoms with van der Waals surface area (Å²) in [4.78, 5) is 0. The summed E-state index contributed by atoms with van der Waals surface area (Å²) in [6, 6.07) is 0. The summed E-state index contributed by atoms with van der Waals surface area (Å²) in [6.07, 6.45) is 0. The fourth-order valence-corrected chi connectivity index (χ4v) is 0. The molecule has 0 saturated carbocycles.